The van der Waals surface area contributed by atoms with E-state index in [1.807, 2.05) is 24.4 Å². The Morgan fingerprint density at radius 3 is 2.85 bits per heavy atom. The first-order chi connectivity index (χ1) is 12.6. The first-order valence-electron chi connectivity index (χ1n) is 8.08. The zero-order chi connectivity index (χ0) is 18.5. The summed E-state index contributed by atoms with van der Waals surface area (Å²) >= 11 is 1.52. The average molecular weight is 372 g/mol. The van der Waals surface area contributed by atoms with Gasteiger partial charge in [-0.2, -0.15) is 0 Å². The number of carbonyl (C=O) groups excluding carboxylic acids is 1. The van der Waals surface area contributed by atoms with Crippen LogP contribution in [0.5, 0.6) is 11.5 Å². The van der Waals surface area contributed by atoms with Gasteiger partial charge < -0.3 is 18.8 Å². The van der Waals surface area contributed by atoms with Crippen LogP contribution in [-0.2, 0) is 6.61 Å². The summed E-state index contributed by atoms with van der Waals surface area (Å²) in [6.45, 7) is 2.27. The predicted octanol–water partition coefficient (Wildman–Crippen LogP) is 4.16. The SMILES string of the molecule is COc1cc(C(=O)N(C)C(C)c2ccco2)ccc1OCc1cscn1. The zero-order valence-electron chi connectivity index (χ0n) is 14.8. The Labute approximate surface area is 156 Å². The van der Waals surface area contributed by atoms with Crippen molar-refractivity contribution in [2.45, 2.75) is 19.6 Å². The molecule has 0 aliphatic heterocycles. The summed E-state index contributed by atoms with van der Waals surface area (Å²) in [4.78, 5) is 18.6. The summed E-state index contributed by atoms with van der Waals surface area (Å²) in [6, 6.07) is 8.64. The molecule has 2 aromatic heterocycles. The van der Waals surface area contributed by atoms with Gasteiger partial charge in [0.25, 0.3) is 5.91 Å². The van der Waals surface area contributed by atoms with Crippen LogP contribution in [0.3, 0.4) is 0 Å². The molecule has 1 unspecified atom stereocenters. The van der Waals surface area contributed by atoms with E-state index in [2.05, 4.69) is 4.98 Å². The monoisotopic (exact) mass is 372 g/mol. The van der Waals surface area contributed by atoms with Crippen molar-refractivity contribution in [3.05, 3.63) is 64.5 Å². The number of ether oxygens (including phenoxy) is 2. The van der Waals surface area contributed by atoms with Gasteiger partial charge in [-0.05, 0) is 37.3 Å². The van der Waals surface area contributed by atoms with E-state index >= 15 is 0 Å². The van der Waals surface area contributed by atoms with Crippen molar-refractivity contribution in [2.75, 3.05) is 14.2 Å². The second-order valence-electron chi connectivity index (χ2n) is 5.74. The van der Waals surface area contributed by atoms with Gasteiger partial charge in [-0.1, -0.05) is 0 Å². The Morgan fingerprint density at radius 1 is 1.35 bits per heavy atom. The van der Waals surface area contributed by atoms with Gasteiger partial charge in [0, 0.05) is 18.0 Å². The molecule has 0 spiro atoms. The standard InChI is InChI=1S/C19H20N2O4S/c1-13(16-5-4-8-24-16)21(2)19(22)14-6-7-17(18(9-14)23-3)25-10-15-11-26-12-20-15/h4-9,11-13H,10H2,1-3H3. The number of furan rings is 1. The molecule has 0 radical (unpaired) electrons. The fourth-order valence-corrected chi connectivity index (χ4v) is 3.02. The molecule has 0 N–H and O–H groups in total. The van der Waals surface area contributed by atoms with Crippen molar-refractivity contribution >= 4 is 17.2 Å². The number of amides is 1. The molecule has 1 atom stereocenters. The number of hydrogen-bond donors (Lipinski definition) is 0. The minimum atomic E-state index is -0.177. The Morgan fingerprint density at radius 2 is 2.19 bits per heavy atom. The Balaban J connectivity index is 1.74. The Hall–Kier alpha value is -2.80. The highest BCUT2D eigenvalue weighted by atomic mass is 32.1. The van der Waals surface area contributed by atoms with Gasteiger partial charge in [-0.25, -0.2) is 4.98 Å². The van der Waals surface area contributed by atoms with Crippen molar-refractivity contribution in [3.63, 3.8) is 0 Å². The average Bonchev–Trinajstić information content (AvgIpc) is 3.38. The lowest BCUT2D eigenvalue weighted by molar-refractivity contribution is 0.0725. The third-order valence-electron chi connectivity index (χ3n) is 4.13. The molecular weight excluding hydrogens is 352 g/mol. The maximum Gasteiger partial charge on any atom is 0.254 e. The summed E-state index contributed by atoms with van der Waals surface area (Å²) in [5.41, 5.74) is 3.13. The highest BCUT2D eigenvalue weighted by Crippen LogP contribution is 2.30. The largest absolute Gasteiger partial charge is 0.493 e. The van der Waals surface area contributed by atoms with E-state index in [1.165, 1.54) is 11.3 Å². The van der Waals surface area contributed by atoms with E-state index in [9.17, 15) is 4.79 Å². The highest BCUT2D eigenvalue weighted by molar-refractivity contribution is 7.07. The number of benzene rings is 1. The molecule has 0 aliphatic carbocycles. The quantitative estimate of drug-likeness (QED) is 0.623. The van der Waals surface area contributed by atoms with Crippen molar-refractivity contribution < 1.29 is 18.7 Å². The topological polar surface area (TPSA) is 64.8 Å². The summed E-state index contributed by atoms with van der Waals surface area (Å²) in [7, 11) is 3.29. The maximum atomic E-state index is 12.8. The highest BCUT2D eigenvalue weighted by Gasteiger charge is 2.22. The molecule has 3 rings (SSSR count). The van der Waals surface area contributed by atoms with Crippen LogP contribution in [-0.4, -0.2) is 29.9 Å². The second kappa shape index (κ2) is 8.05. The van der Waals surface area contributed by atoms with Crippen molar-refractivity contribution in [1.29, 1.82) is 0 Å². The molecule has 0 bridgehead atoms. The number of aromatic nitrogens is 1. The van der Waals surface area contributed by atoms with Gasteiger partial charge in [0.1, 0.15) is 12.4 Å². The van der Waals surface area contributed by atoms with Gasteiger partial charge in [0.15, 0.2) is 11.5 Å². The van der Waals surface area contributed by atoms with Gasteiger partial charge in [-0.15, -0.1) is 11.3 Å². The summed E-state index contributed by atoms with van der Waals surface area (Å²) < 4.78 is 16.5. The molecule has 6 nitrogen and oxygen atoms in total. The minimum absolute atomic E-state index is 0.127. The van der Waals surface area contributed by atoms with Crippen molar-refractivity contribution in [3.8, 4) is 11.5 Å². The fraction of sp³-hybridized carbons (Fsp3) is 0.263. The second-order valence-corrected chi connectivity index (χ2v) is 6.46. The zero-order valence-corrected chi connectivity index (χ0v) is 15.7. The van der Waals surface area contributed by atoms with Gasteiger partial charge in [0.2, 0.25) is 0 Å². The number of hydrogen-bond acceptors (Lipinski definition) is 6. The van der Waals surface area contributed by atoms with Crippen LogP contribution in [0.4, 0.5) is 0 Å². The number of methoxy groups -OCH3 is 1. The summed E-state index contributed by atoms with van der Waals surface area (Å²) in [5, 5.41) is 1.93. The van der Waals surface area contributed by atoms with Crippen LogP contribution in [0.1, 0.15) is 34.8 Å². The molecule has 136 valence electrons. The third-order valence-corrected chi connectivity index (χ3v) is 4.76. The lowest BCUT2D eigenvalue weighted by Gasteiger charge is -2.23. The van der Waals surface area contributed by atoms with Crippen molar-refractivity contribution in [1.82, 2.24) is 9.88 Å². The molecule has 0 fully saturated rings. The number of nitrogens with zero attached hydrogens (tertiary/aromatic N) is 2. The Kier molecular flexibility index (Phi) is 5.58. The van der Waals surface area contributed by atoms with E-state index in [-0.39, 0.29) is 11.9 Å². The molecule has 0 aliphatic rings. The van der Waals surface area contributed by atoms with E-state index < -0.39 is 0 Å². The number of rotatable bonds is 7. The smallest absolute Gasteiger partial charge is 0.254 e. The molecule has 1 amide bonds. The van der Waals surface area contributed by atoms with Crippen molar-refractivity contribution in [2.24, 2.45) is 0 Å². The first-order valence-corrected chi connectivity index (χ1v) is 9.03. The van der Waals surface area contributed by atoms with Gasteiger partial charge in [-0.3, -0.25) is 4.79 Å². The van der Waals surface area contributed by atoms with Crippen LogP contribution in [0.2, 0.25) is 0 Å². The van der Waals surface area contributed by atoms with Crippen LogP contribution in [0.15, 0.2) is 51.9 Å². The number of thiazole rings is 1. The molecule has 7 heteroatoms. The molecule has 0 saturated carbocycles. The molecule has 26 heavy (non-hydrogen) atoms. The van der Waals surface area contributed by atoms with Gasteiger partial charge >= 0.3 is 0 Å². The Bertz CT molecular complexity index is 847. The number of carbonyl (C=O) groups is 1. The minimum Gasteiger partial charge on any atom is -0.493 e. The normalized spacial score (nSPS) is 11.8. The van der Waals surface area contributed by atoms with Gasteiger partial charge in [0.05, 0.1) is 30.6 Å². The molecule has 3 aromatic rings. The molecule has 1 aromatic carbocycles. The lowest BCUT2D eigenvalue weighted by Crippen LogP contribution is -2.29. The lowest BCUT2D eigenvalue weighted by atomic mass is 10.1. The van der Waals surface area contributed by atoms with Crippen LogP contribution < -0.4 is 9.47 Å². The van der Waals surface area contributed by atoms with E-state index in [1.54, 1.807) is 49.0 Å². The fourth-order valence-electron chi connectivity index (χ4n) is 2.48. The van der Waals surface area contributed by atoms with Crippen LogP contribution in [0, 0.1) is 0 Å². The third kappa shape index (κ3) is 3.88. The van der Waals surface area contributed by atoms with E-state index in [0.717, 1.165) is 11.5 Å². The molecule has 2 heterocycles. The van der Waals surface area contributed by atoms with Crippen LogP contribution in [0.25, 0.3) is 0 Å². The summed E-state index contributed by atoms with van der Waals surface area (Å²) in [5.74, 6) is 1.68. The molecule has 0 saturated heterocycles. The summed E-state index contributed by atoms with van der Waals surface area (Å²) in [6.07, 6.45) is 1.60. The van der Waals surface area contributed by atoms with E-state index in [4.69, 9.17) is 13.9 Å². The van der Waals surface area contributed by atoms with E-state index in [0.29, 0.717) is 23.7 Å². The predicted molar refractivity (Wildman–Crippen MR) is 98.7 cm³/mol. The van der Waals surface area contributed by atoms with Crippen LogP contribution >= 0.6 is 11.3 Å². The maximum absolute atomic E-state index is 12.8. The first kappa shape index (κ1) is 18.0. The molecular formula is C19H20N2O4S.